The third-order valence-electron chi connectivity index (χ3n) is 2.82. The van der Waals surface area contributed by atoms with Crippen LogP contribution in [0.25, 0.3) is 0 Å². The molecule has 0 fully saturated rings. The number of thiophene rings is 1. The van der Waals surface area contributed by atoms with Crippen LogP contribution in [0.2, 0.25) is 0 Å². The lowest BCUT2D eigenvalue weighted by molar-refractivity contribution is -0.384. The maximum absolute atomic E-state index is 12.1. The standard InChI is InChI=1S/C12H5NO4S/c14-10-8-3-4-18-12(8)11(15)7-2-1-6(13(16)17)5-9(7)10/h1-5H. The minimum atomic E-state index is -0.582. The van der Waals surface area contributed by atoms with Crippen LogP contribution >= 0.6 is 11.3 Å². The van der Waals surface area contributed by atoms with Crippen LogP contribution in [-0.2, 0) is 0 Å². The van der Waals surface area contributed by atoms with Gasteiger partial charge in [0.25, 0.3) is 5.69 Å². The molecule has 0 unspecified atom stereocenters. The number of carbonyl (C=O) groups is 2. The Morgan fingerprint density at radius 3 is 2.50 bits per heavy atom. The number of ketones is 2. The summed E-state index contributed by atoms with van der Waals surface area (Å²) in [5.41, 5.74) is 0.493. The average molecular weight is 259 g/mol. The smallest absolute Gasteiger partial charge is 0.270 e. The van der Waals surface area contributed by atoms with Gasteiger partial charge in [-0.25, -0.2) is 0 Å². The summed E-state index contributed by atoms with van der Waals surface area (Å²) in [7, 11) is 0. The number of rotatable bonds is 1. The van der Waals surface area contributed by atoms with Crippen molar-refractivity contribution in [3.63, 3.8) is 0 Å². The van der Waals surface area contributed by atoms with Gasteiger partial charge in [-0.15, -0.1) is 11.3 Å². The van der Waals surface area contributed by atoms with Crippen LogP contribution in [0.4, 0.5) is 5.69 Å². The van der Waals surface area contributed by atoms with E-state index in [2.05, 4.69) is 0 Å². The number of carbonyl (C=O) groups excluding carboxylic acids is 2. The Bertz CT molecular complexity index is 717. The van der Waals surface area contributed by atoms with Gasteiger partial charge in [0.15, 0.2) is 5.78 Å². The monoisotopic (exact) mass is 259 g/mol. The first-order valence-corrected chi connectivity index (χ1v) is 5.93. The largest absolute Gasteiger partial charge is 0.289 e. The zero-order valence-electron chi connectivity index (χ0n) is 8.88. The minimum Gasteiger partial charge on any atom is -0.289 e. The van der Waals surface area contributed by atoms with Gasteiger partial charge in [0.1, 0.15) is 0 Å². The molecule has 88 valence electrons. The molecule has 0 saturated heterocycles. The van der Waals surface area contributed by atoms with E-state index in [4.69, 9.17) is 0 Å². The first-order chi connectivity index (χ1) is 8.59. The van der Waals surface area contributed by atoms with Gasteiger partial charge in [0, 0.05) is 28.8 Å². The Labute approximate surface area is 105 Å². The molecule has 1 heterocycles. The predicted octanol–water partition coefficient (Wildman–Crippen LogP) is 2.43. The molecule has 0 radical (unpaired) electrons. The number of nitro benzene ring substituents is 1. The number of fused-ring (bicyclic) bond motifs is 2. The lowest BCUT2D eigenvalue weighted by Crippen LogP contribution is -2.18. The molecule has 1 aromatic heterocycles. The summed E-state index contributed by atoms with van der Waals surface area (Å²) in [5.74, 6) is -0.575. The Morgan fingerprint density at radius 2 is 1.78 bits per heavy atom. The molecule has 0 atom stereocenters. The van der Waals surface area contributed by atoms with Crippen molar-refractivity contribution in [2.24, 2.45) is 0 Å². The quantitative estimate of drug-likeness (QED) is 0.496. The summed E-state index contributed by atoms with van der Waals surface area (Å²) in [6, 6.07) is 5.32. The zero-order chi connectivity index (χ0) is 12.9. The van der Waals surface area contributed by atoms with Gasteiger partial charge in [0.05, 0.1) is 9.80 Å². The molecule has 0 saturated carbocycles. The summed E-state index contributed by atoms with van der Waals surface area (Å²) in [6.45, 7) is 0. The molecule has 1 aliphatic rings. The van der Waals surface area contributed by atoms with Crippen LogP contribution in [0.15, 0.2) is 29.6 Å². The van der Waals surface area contributed by atoms with Gasteiger partial charge >= 0.3 is 0 Å². The maximum Gasteiger partial charge on any atom is 0.270 e. The molecule has 1 aliphatic carbocycles. The van der Waals surface area contributed by atoms with Crippen molar-refractivity contribution in [1.82, 2.24) is 0 Å². The van der Waals surface area contributed by atoms with Gasteiger partial charge in [-0.2, -0.15) is 0 Å². The van der Waals surface area contributed by atoms with Gasteiger partial charge in [0.2, 0.25) is 5.78 Å². The van der Waals surface area contributed by atoms with Crippen molar-refractivity contribution in [3.05, 3.63) is 61.3 Å². The number of hydrogen-bond acceptors (Lipinski definition) is 5. The van der Waals surface area contributed by atoms with E-state index in [0.717, 1.165) is 6.07 Å². The van der Waals surface area contributed by atoms with Crippen molar-refractivity contribution >= 4 is 28.6 Å². The van der Waals surface area contributed by atoms with Crippen molar-refractivity contribution in [2.45, 2.75) is 0 Å². The second-order valence-electron chi connectivity index (χ2n) is 3.81. The van der Waals surface area contributed by atoms with Crippen LogP contribution in [-0.4, -0.2) is 16.5 Å². The fraction of sp³-hybridized carbons (Fsp3) is 0. The van der Waals surface area contributed by atoms with Gasteiger partial charge < -0.3 is 0 Å². The van der Waals surface area contributed by atoms with E-state index >= 15 is 0 Å². The Kier molecular flexibility index (Phi) is 2.14. The molecular weight excluding hydrogens is 254 g/mol. The topological polar surface area (TPSA) is 77.3 Å². The van der Waals surface area contributed by atoms with Crippen molar-refractivity contribution in [3.8, 4) is 0 Å². The minimum absolute atomic E-state index is 0.111. The highest BCUT2D eigenvalue weighted by Crippen LogP contribution is 2.32. The lowest BCUT2D eigenvalue weighted by Gasteiger charge is -2.13. The van der Waals surface area contributed by atoms with E-state index in [1.807, 2.05) is 0 Å². The molecular formula is C12H5NO4S. The molecule has 0 bridgehead atoms. The van der Waals surface area contributed by atoms with E-state index in [0.29, 0.717) is 10.4 Å². The van der Waals surface area contributed by atoms with Crippen LogP contribution in [0.1, 0.15) is 31.2 Å². The molecule has 2 aromatic rings. The number of nitrogens with zero attached hydrogens (tertiary/aromatic N) is 1. The molecule has 5 nitrogen and oxygen atoms in total. The van der Waals surface area contributed by atoms with Crippen molar-refractivity contribution in [2.75, 3.05) is 0 Å². The van der Waals surface area contributed by atoms with E-state index in [1.54, 1.807) is 11.4 Å². The number of hydrogen-bond donors (Lipinski definition) is 0. The number of benzene rings is 1. The predicted molar refractivity (Wildman–Crippen MR) is 64.3 cm³/mol. The van der Waals surface area contributed by atoms with Crippen LogP contribution < -0.4 is 0 Å². The van der Waals surface area contributed by atoms with Gasteiger partial charge in [-0.1, -0.05) is 0 Å². The highest BCUT2D eigenvalue weighted by Gasteiger charge is 2.31. The Hall–Kier alpha value is -2.34. The van der Waals surface area contributed by atoms with Gasteiger partial charge in [-0.05, 0) is 17.5 Å². The summed E-state index contributed by atoms with van der Waals surface area (Å²) in [4.78, 5) is 34.7. The van der Waals surface area contributed by atoms with E-state index in [1.165, 1.54) is 23.5 Å². The molecule has 0 N–H and O–H groups in total. The first kappa shape index (κ1) is 10.8. The molecule has 0 aliphatic heterocycles. The third-order valence-corrected chi connectivity index (χ3v) is 3.73. The zero-order valence-corrected chi connectivity index (χ0v) is 9.69. The second-order valence-corrected chi connectivity index (χ2v) is 4.72. The van der Waals surface area contributed by atoms with Crippen LogP contribution in [0.3, 0.4) is 0 Å². The molecule has 1 aromatic carbocycles. The van der Waals surface area contributed by atoms with Gasteiger partial charge in [-0.3, -0.25) is 19.7 Å². The van der Waals surface area contributed by atoms with Crippen molar-refractivity contribution < 1.29 is 14.5 Å². The summed E-state index contributed by atoms with van der Waals surface area (Å²) in [5, 5.41) is 12.3. The highest BCUT2D eigenvalue weighted by atomic mass is 32.1. The summed E-state index contributed by atoms with van der Waals surface area (Å²) < 4.78 is 0. The summed E-state index contributed by atoms with van der Waals surface area (Å²) >= 11 is 1.21. The van der Waals surface area contributed by atoms with E-state index < -0.39 is 4.92 Å². The lowest BCUT2D eigenvalue weighted by atomic mass is 9.89. The molecule has 6 heteroatoms. The van der Waals surface area contributed by atoms with Crippen LogP contribution in [0, 0.1) is 10.1 Å². The van der Waals surface area contributed by atoms with Crippen molar-refractivity contribution in [1.29, 1.82) is 0 Å². The average Bonchev–Trinajstić information content (AvgIpc) is 2.84. The van der Waals surface area contributed by atoms with E-state index in [-0.39, 0.29) is 28.4 Å². The molecule has 0 amide bonds. The molecule has 0 spiro atoms. The fourth-order valence-corrected chi connectivity index (χ4v) is 2.81. The SMILES string of the molecule is O=C1c2cc([N+](=O)[O-])ccc2C(=O)c2sccc21. The van der Waals surface area contributed by atoms with E-state index in [9.17, 15) is 19.7 Å². The van der Waals surface area contributed by atoms with Crippen LogP contribution in [0.5, 0.6) is 0 Å². The number of non-ortho nitro benzene ring substituents is 1. The second kappa shape index (κ2) is 3.58. The first-order valence-electron chi connectivity index (χ1n) is 5.05. The normalized spacial score (nSPS) is 13.1. The fourth-order valence-electron chi connectivity index (χ4n) is 1.96. The maximum atomic E-state index is 12.1. The number of nitro groups is 1. The summed E-state index contributed by atoms with van der Waals surface area (Å²) in [6.07, 6.45) is 0. The third kappa shape index (κ3) is 1.32. The molecule has 3 rings (SSSR count). The Morgan fingerprint density at radius 1 is 1.00 bits per heavy atom. The molecule has 18 heavy (non-hydrogen) atoms. The highest BCUT2D eigenvalue weighted by molar-refractivity contribution is 7.12. The Balaban J connectivity index is 2.27.